The Hall–Kier alpha value is -3.74. The van der Waals surface area contributed by atoms with E-state index in [2.05, 4.69) is 69.8 Å². The Morgan fingerprint density at radius 1 is 1.07 bits per heavy atom. The molecule has 0 unspecified atom stereocenters. The summed E-state index contributed by atoms with van der Waals surface area (Å²) in [7, 11) is 1.60. The Morgan fingerprint density at radius 3 is 2.50 bits per heavy atom. The number of imidazole rings is 1. The number of rotatable bonds is 4. The Balaban J connectivity index is 0.000000461. The zero-order chi connectivity index (χ0) is 21.5. The summed E-state index contributed by atoms with van der Waals surface area (Å²) >= 11 is 0. The third kappa shape index (κ3) is 5.20. The van der Waals surface area contributed by atoms with Crippen LogP contribution in [0.1, 0.15) is 31.0 Å². The third-order valence-electron chi connectivity index (χ3n) is 4.59. The van der Waals surface area contributed by atoms with Gasteiger partial charge in [-0.2, -0.15) is 4.98 Å². The van der Waals surface area contributed by atoms with Gasteiger partial charge < -0.3 is 10.6 Å². The highest BCUT2D eigenvalue weighted by Crippen LogP contribution is 2.20. The summed E-state index contributed by atoms with van der Waals surface area (Å²) in [6.07, 6.45) is 3.57. The van der Waals surface area contributed by atoms with E-state index in [-0.39, 0.29) is 11.9 Å². The molecule has 4 rings (SSSR count). The number of anilines is 1. The lowest BCUT2D eigenvalue weighted by Crippen LogP contribution is -2.11. The molecule has 0 aliphatic rings. The minimum absolute atomic E-state index is 0.00463. The first kappa shape index (κ1) is 21.0. The molecule has 1 atom stereocenters. The van der Waals surface area contributed by atoms with Gasteiger partial charge in [-0.3, -0.25) is 9.36 Å². The first-order valence-electron chi connectivity index (χ1n) is 9.75. The quantitative estimate of drug-likeness (QED) is 0.538. The van der Waals surface area contributed by atoms with E-state index in [0.29, 0.717) is 5.95 Å². The molecule has 0 saturated heterocycles. The predicted molar refractivity (Wildman–Crippen MR) is 120 cm³/mol. The highest BCUT2D eigenvalue weighted by atomic mass is 16.1. The molecule has 0 radical (unpaired) electrons. The number of nitrogens with one attached hydrogen (secondary N) is 2. The summed E-state index contributed by atoms with van der Waals surface area (Å²) in [5.41, 5.74) is 4.39. The van der Waals surface area contributed by atoms with Crippen LogP contribution in [0, 0.1) is 6.92 Å². The molecular formula is C23H26N6O. The molecule has 2 aromatic heterocycles. The van der Waals surface area contributed by atoms with Crippen molar-refractivity contribution in [1.82, 2.24) is 24.8 Å². The van der Waals surface area contributed by atoms with Crippen molar-refractivity contribution < 1.29 is 4.79 Å². The SMILES string of the molecule is CNC(C)=O.Cc1ccc2c(c1)ncn2-c1ccnc(N[C@@H](C)c2ccccc2)n1. The Kier molecular flexibility index (Phi) is 6.75. The van der Waals surface area contributed by atoms with Crippen LogP contribution < -0.4 is 10.6 Å². The van der Waals surface area contributed by atoms with E-state index in [0.717, 1.165) is 16.9 Å². The molecule has 0 fully saturated rings. The van der Waals surface area contributed by atoms with E-state index in [9.17, 15) is 4.79 Å². The highest BCUT2D eigenvalue weighted by molar-refractivity contribution is 5.77. The summed E-state index contributed by atoms with van der Waals surface area (Å²) in [5.74, 6) is 1.40. The Bertz CT molecular complexity index is 1120. The Labute approximate surface area is 176 Å². The minimum Gasteiger partial charge on any atom is -0.359 e. The molecule has 0 spiro atoms. The fourth-order valence-electron chi connectivity index (χ4n) is 2.88. The van der Waals surface area contributed by atoms with Gasteiger partial charge in [-0.05, 0) is 43.2 Å². The fraction of sp³-hybridized carbons (Fsp3) is 0.217. The standard InChI is InChI=1S/C20H19N5.C3H7NO/c1-14-8-9-18-17(12-14)22-13-25(18)19-10-11-21-20(24-19)23-15(2)16-6-4-3-5-7-16;1-3(5)4-2/h3-13,15H,1-2H3,(H,21,23,24);1-2H3,(H,4,5)/t15-;/m0./s1. The van der Waals surface area contributed by atoms with E-state index in [1.54, 1.807) is 19.6 Å². The molecule has 2 aromatic carbocycles. The summed E-state index contributed by atoms with van der Waals surface area (Å²) < 4.78 is 1.98. The van der Waals surface area contributed by atoms with Crippen LogP contribution in [0.15, 0.2) is 67.1 Å². The average Bonchev–Trinajstić information content (AvgIpc) is 3.18. The molecule has 0 aliphatic carbocycles. The zero-order valence-corrected chi connectivity index (χ0v) is 17.6. The second-order valence-corrected chi connectivity index (χ2v) is 6.93. The maximum absolute atomic E-state index is 9.70. The van der Waals surface area contributed by atoms with Crippen LogP contribution in [0.3, 0.4) is 0 Å². The fourth-order valence-corrected chi connectivity index (χ4v) is 2.88. The number of aryl methyl sites for hydroxylation is 1. The van der Waals surface area contributed by atoms with E-state index in [1.165, 1.54) is 18.1 Å². The summed E-state index contributed by atoms with van der Waals surface area (Å²) in [6, 6.07) is 18.5. The molecule has 2 heterocycles. The van der Waals surface area contributed by atoms with Crippen molar-refractivity contribution in [2.24, 2.45) is 0 Å². The number of carbonyl (C=O) groups excluding carboxylic acids is 1. The number of amides is 1. The van der Waals surface area contributed by atoms with Crippen molar-refractivity contribution in [2.75, 3.05) is 12.4 Å². The average molecular weight is 403 g/mol. The van der Waals surface area contributed by atoms with Crippen molar-refractivity contribution in [3.63, 3.8) is 0 Å². The molecule has 7 nitrogen and oxygen atoms in total. The van der Waals surface area contributed by atoms with Crippen LogP contribution in [-0.2, 0) is 4.79 Å². The lowest BCUT2D eigenvalue weighted by Gasteiger charge is -2.14. The van der Waals surface area contributed by atoms with Gasteiger partial charge in [-0.25, -0.2) is 9.97 Å². The number of aromatic nitrogens is 4. The summed E-state index contributed by atoms with van der Waals surface area (Å²) in [6.45, 7) is 5.64. The molecule has 154 valence electrons. The van der Waals surface area contributed by atoms with Gasteiger partial charge in [0.05, 0.1) is 17.1 Å². The normalized spacial score (nSPS) is 11.3. The predicted octanol–water partition coefficient (Wildman–Crippen LogP) is 4.05. The van der Waals surface area contributed by atoms with E-state index < -0.39 is 0 Å². The molecule has 0 saturated carbocycles. The zero-order valence-electron chi connectivity index (χ0n) is 17.6. The smallest absolute Gasteiger partial charge is 0.225 e. The van der Waals surface area contributed by atoms with Crippen molar-refractivity contribution in [1.29, 1.82) is 0 Å². The van der Waals surface area contributed by atoms with Gasteiger partial charge in [0.1, 0.15) is 12.1 Å². The lowest BCUT2D eigenvalue weighted by atomic mass is 10.1. The van der Waals surface area contributed by atoms with Crippen LogP contribution in [0.2, 0.25) is 0 Å². The van der Waals surface area contributed by atoms with Gasteiger partial charge in [-0.1, -0.05) is 36.4 Å². The van der Waals surface area contributed by atoms with Crippen LogP contribution in [0.25, 0.3) is 16.9 Å². The summed E-state index contributed by atoms with van der Waals surface area (Å²) in [5, 5.41) is 5.75. The molecule has 30 heavy (non-hydrogen) atoms. The van der Waals surface area contributed by atoms with Gasteiger partial charge in [0.15, 0.2) is 0 Å². The molecule has 1 amide bonds. The van der Waals surface area contributed by atoms with E-state index in [1.807, 2.05) is 28.8 Å². The second-order valence-electron chi connectivity index (χ2n) is 6.93. The molecule has 0 aliphatic heterocycles. The molecule has 2 N–H and O–H groups in total. The van der Waals surface area contributed by atoms with Crippen LogP contribution in [-0.4, -0.2) is 32.5 Å². The van der Waals surface area contributed by atoms with Gasteiger partial charge in [0.2, 0.25) is 11.9 Å². The Morgan fingerprint density at radius 2 is 1.80 bits per heavy atom. The first-order chi connectivity index (χ1) is 14.5. The van der Waals surface area contributed by atoms with Crippen LogP contribution >= 0.6 is 0 Å². The largest absolute Gasteiger partial charge is 0.359 e. The number of nitrogens with zero attached hydrogens (tertiary/aromatic N) is 4. The van der Waals surface area contributed by atoms with Crippen LogP contribution in [0.5, 0.6) is 0 Å². The number of benzene rings is 2. The maximum Gasteiger partial charge on any atom is 0.225 e. The van der Waals surface area contributed by atoms with Crippen molar-refractivity contribution in [3.8, 4) is 5.82 Å². The molecule has 7 heteroatoms. The number of carbonyl (C=O) groups is 1. The number of hydrogen-bond acceptors (Lipinski definition) is 5. The van der Waals surface area contributed by atoms with Crippen molar-refractivity contribution in [2.45, 2.75) is 26.8 Å². The molecular weight excluding hydrogens is 376 g/mol. The second kappa shape index (κ2) is 9.65. The van der Waals surface area contributed by atoms with Crippen LogP contribution in [0.4, 0.5) is 5.95 Å². The van der Waals surface area contributed by atoms with Gasteiger partial charge in [-0.15, -0.1) is 0 Å². The van der Waals surface area contributed by atoms with E-state index >= 15 is 0 Å². The van der Waals surface area contributed by atoms with Gasteiger partial charge in [0, 0.05) is 20.2 Å². The lowest BCUT2D eigenvalue weighted by molar-refractivity contribution is -0.118. The first-order valence-corrected chi connectivity index (χ1v) is 9.75. The third-order valence-corrected chi connectivity index (χ3v) is 4.59. The maximum atomic E-state index is 9.70. The molecule has 0 bridgehead atoms. The number of hydrogen-bond donors (Lipinski definition) is 2. The summed E-state index contributed by atoms with van der Waals surface area (Å²) in [4.78, 5) is 23.2. The topological polar surface area (TPSA) is 84.7 Å². The van der Waals surface area contributed by atoms with Crippen molar-refractivity contribution in [3.05, 3.63) is 78.2 Å². The molecule has 4 aromatic rings. The highest BCUT2D eigenvalue weighted by Gasteiger charge is 2.10. The van der Waals surface area contributed by atoms with Crippen molar-refractivity contribution >= 4 is 22.9 Å². The minimum atomic E-state index is 0.00463. The van der Waals surface area contributed by atoms with Gasteiger partial charge >= 0.3 is 0 Å². The van der Waals surface area contributed by atoms with Gasteiger partial charge in [0.25, 0.3) is 0 Å². The number of fused-ring (bicyclic) bond motifs is 1. The van der Waals surface area contributed by atoms with E-state index in [4.69, 9.17) is 0 Å². The monoisotopic (exact) mass is 402 g/mol.